The molecule has 0 aromatic rings. The fourth-order valence-electron chi connectivity index (χ4n) is 0.675. The zero-order chi connectivity index (χ0) is 9.40. The number of aliphatic imine (C=N–C) groups is 1. The molecule has 0 unspecified atom stereocenters. The van der Waals surface area contributed by atoms with Crippen LogP contribution in [0.3, 0.4) is 0 Å². The van der Waals surface area contributed by atoms with Crippen molar-refractivity contribution < 1.29 is 4.79 Å². The highest BCUT2D eigenvalue weighted by molar-refractivity contribution is 5.77. The minimum atomic E-state index is 0.543. The molecule has 0 aliphatic heterocycles. The van der Waals surface area contributed by atoms with Crippen LogP contribution in [-0.4, -0.2) is 37.8 Å². The second kappa shape index (κ2) is 6.64. The van der Waals surface area contributed by atoms with Crippen LogP contribution in [-0.2, 0) is 4.79 Å². The summed E-state index contributed by atoms with van der Waals surface area (Å²) in [4.78, 5) is 15.8. The van der Waals surface area contributed by atoms with Gasteiger partial charge in [0, 0.05) is 27.1 Å². The van der Waals surface area contributed by atoms with Crippen molar-refractivity contribution in [3.8, 4) is 0 Å². The molecule has 0 saturated heterocycles. The van der Waals surface area contributed by atoms with E-state index < -0.39 is 0 Å². The monoisotopic (exact) mass is 171 g/mol. The third-order valence-corrected chi connectivity index (χ3v) is 1.46. The first-order valence-electron chi connectivity index (χ1n) is 4.09. The van der Waals surface area contributed by atoms with E-state index in [1.54, 1.807) is 4.90 Å². The number of hydrogen-bond acceptors (Lipinski definition) is 2. The van der Waals surface area contributed by atoms with Gasteiger partial charge in [0.05, 0.1) is 0 Å². The van der Waals surface area contributed by atoms with Gasteiger partial charge in [-0.15, -0.1) is 0 Å². The van der Waals surface area contributed by atoms with Gasteiger partial charge in [0.2, 0.25) is 0 Å². The maximum atomic E-state index is 9.94. The molecular weight excluding hydrogens is 154 g/mol. The van der Waals surface area contributed by atoms with E-state index in [-0.39, 0.29) is 0 Å². The number of nitrogens with two attached hydrogens (primary N) is 1. The van der Waals surface area contributed by atoms with E-state index in [9.17, 15) is 4.79 Å². The molecule has 0 rings (SSSR count). The lowest BCUT2D eigenvalue weighted by molar-refractivity contribution is -0.107. The zero-order valence-electron chi connectivity index (χ0n) is 7.79. The second-order valence-corrected chi connectivity index (χ2v) is 2.80. The fraction of sp³-hybridized carbons (Fsp3) is 0.750. The number of guanidine groups is 1. The third-order valence-electron chi connectivity index (χ3n) is 1.46. The Bertz CT molecular complexity index is 154. The lowest BCUT2D eigenvalue weighted by atomic mass is 10.2. The lowest BCUT2D eigenvalue weighted by Gasteiger charge is -2.09. The Kier molecular flexibility index (Phi) is 6.05. The van der Waals surface area contributed by atoms with Crippen molar-refractivity contribution >= 4 is 12.2 Å². The average Bonchev–Trinajstić information content (AvgIpc) is 2.03. The summed E-state index contributed by atoms with van der Waals surface area (Å²) in [6.07, 6.45) is 3.37. The van der Waals surface area contributed by atoms with Crippen LogP contribution in [0.2, 0.25) is 0 Å². The van der Waals surface area contributed by atoms with E-state index >= 15 is 0 Å². The van der Waals surface area contributed by atoms with Crippen LogP contribution in [0.1, 0.15) is 19.3 Å². The van der Waals surface area contributed by atoms with Crippen LogP contribution in [0.5, 0.6) is 0 Å². The van der Waals surface area contributed by atoms with Gasteiger partial charge in [0.25, 0.3) is 0 Å². The van der Waals surface area contributed by atoms with Gasteiger partial charge >= 0.3 is 0 Å². The SMILES string of the molecule is CN(C)C(N)=NCCCCC=O. The van der Waals surface area contributed by atoms with Gasteiger partial charge in [0.1, 0.15) is 6.29 Å². The Morgan fingerprint density at radius 1 is 1.50 bits per heavy atom. The van der Waals surface area contributed by atoms with Gasteiger partial charge in [-0.2, -0.15) is 0 Å². The largest absolute Gasteiger partial charge is 0.370 e. The van der Waals surface area contributed by atoms with E-state index in [0.717, 1.165) is 19.1 Å². The van der Waals surface area contributed by atoms with Gasteiger partial charge in [-0.3, -0.25) is 4.99 Å². The number of rotatable bonds is 5. The van der Waals surface area contributed by atoms with Crippen LogP contribution >= 0.6 is 0 Å². The van der Waals surface area contributed by atoms with Crippen LogP contribution in [0, 0.1) is 0 Å². The number of carbonyl (C=O) groups excluding carboxylic acids is 1. The second-order valence-electron chi connectivity index (χ2n) is 2.80. The van der Waals surface area contributed by atoms with Crippen LogP contribution in [0.15, 0.2) is 4.99 Å². The van der Waals surface area contributed by atoms with Gasteiger partial charge in [-0.1, -0.05) is 0 Å². The summed E-state index contributed by atoms with van der Waals surface area (Å²) >= 11 is 0. The molecule has 0 atom stereocenters. The van der Waals surface area contributed by atoms with Crippen LogP contribution in [0.4, 0.5) is 0 Å². The topological polar surface area (TPSA) is 58.7 Å². The van der Waals surface area contributed by atoms with E-state index in [1.807, 2.05) is 14.1 Å². The molecule has 0 radical (unpaired) electrons. The molecule has 2 N–H and O–H groups in total. The number of nitrogens with zero attached hydrogens (tertiary/aromatic N) is 2. The first-order chi connectivity index (χ1) is 5.68. The molecule has 0 amide bonds. The smallest absolute Gasteiger partial charge is 0.190 e. The zero-order valence-corrected chi connectivity index (χ0v) is 7.79. The van der Waals surface area contributed by atoms with Crippen molar-refractivity contribution in [3.05, 3.63) is 0 Å². The standard InChI is InChI=1S/C8H17N3O/c1-11(2)8(9)10-6-4-3-5-7-12/h7H,3-6H2,1-2H3,(H2,9,10). The molecule has 0 saturated carbocycles. The summed E-state index contributed by atoms with van der Waals surface area (Å²) < 4.78 is 0. The molecule has 4 heteroatoms. The molecule has 0 bridgehead atoms. The highest BCUT2D eigenvalue weighted by atomic mass is 16.1. The van der Waals surface area contributed by atoms with E-state index in [0.29, 0.717) is 18.9 Å². The summed E-state index contributed by atoms with van der Waals surface area (Å²) in [7, 11) is 3.70. The van der Waals surface area contributed by atoms with Crippen molar-refractivity contribution in [3.63, 3.8) is 0 Å². The normalized spacial score (nSPS) is 11.3. The Hall–Kier alpha value is -1.06. The number of aldehydes is 1. The Labute approximate surface area is 73.5 Å². The molecule has 0 fully saturated rings. The third kappa shape index (κ3) is 5.70. The number of hydrogen-bond donors (Lipinski definition) is 1. The molecule has 4 nitrogen and oxygen atoms in total. The maximum absolute atomic E-state index is 9.94. The minimum absolute atomic E-state index is 0.543. The van der Waals surface area contributed by atoms with Gasteiger partial charge in [-0.25, -0.2) is 0 Å². The average molecular weight is 171 g/mol. The van der Waals surface area contributed by atoms with Crippen molar-refractivity contribution in [1.82, 2.24) is 4.90 Å². The first-order valence-corrected chi connectivity index (χ1v) is 4.09. The van der Waals surface area contributed by atoms with E-state index in [2.05, 4.69) is 4.99 Å². The Balaban J connectivity index is 3.40. The van der Waals surface area contributed by atoms with Gasteiger partial charge in [0.15, 0.2) is 5.96 Å². The predicted molar refractivity (Wildman–Crippen MR) is 50.1 cm³/mol. The molecular formula is C8H17N3O. The van der Waals surface area contributed by atoms with Gasteiger partial charge in [-0.05, 0) is 12.8 Å². The molecule has 12 heavy (non-hydrogen) atoms. The van der Waals surface area contributed by atoms with Crippen molar-refractivity contribution in [2.45, 2.75) is 19.3 Å². The fourth-order valence-corrected chi connectivity index (χ4v) is 0.675. The van der Waals surface area contributed by atoms with E-state index in [1.165, 1.54) is 0 Å². The van der Waals surface area contributed by atoms with Crippen molar-refractivity contribution in [2.24, 2.45) is 10.7 Å². The van der Waals surface area contributed by atoms with Gasteiger partial charge < -0.3 is 15.4 Å². The highest BCUT2D eigenvalue weighted by Crippen LogP contribution is 1.92. The maximum Gasteiger partial charge on any atom is 0.190 e. The highest BCUT2D eigenvalue weighted by Gasteiger charge is 1.92. The summed E-state index contributed by atoms with van der Waals surface area (Å²) in [5.74, 6) is 0.543. The molecule has 0 aliphatic carbocycles. The molecule has 0 aromatic heterocycles. The quantitative estimate of drug-likeness (QED) is 0.279. The number of unbranched alkanes of at least 4 members (excludes halogenated alkanes) is 2. The Morgan fingerprint density at radius 2 is 2.17 bits per heavy atom. The lowest BCUT2D eigenvalue weighted by Crippen LogP contribution is -2.30. The molecule has 0 heterocycles. The summed E-state index contributed by atoms with van der Waals surface area (Å²) in [6.45, 7) is 0.706. The van der Waals surface area contributed by atoms with Crippen molar-refractivity contribution in [1.29, 1.82) is 0 Å². The van der Waals surface area contributed by atoms with Crippen molar-refractivity contribution in [2.75, 3.05) is 20.6 Å². The van der Waals surface area contributed by atoms with Crippen LogP contribution in [0.25, 0.3) is 0 Å². The molecule has 0 aliphatic rings. The Morgan fingerprint density at radius 3 is 2.67 bits per heavy atom. The summed E-state index contributed by atoms with van der Waals surface area (Å²) in [5.41, 5.74) is 5.54. The first kappa shape index (κ1) is 10.9. The van der Waals surface area contributed by atoms with Crippen LogP contribution < -0.4 is 5.73 Å². The summed E-state index contributed by atoms with van der Waals surface area (Å²) in [6, 6.07) is 0. The van der Waals surface area contributed by atoms with E-state index in [4.69, 9.17) is 5.73 Å². The summed E-state index contributed by atoms with van der Waals surface area (Å²) in [5, 5.41) is 0. The predicted octanol–water partition coefficient (Wildman–Crippen LogP) is 0.232. The minimum Gasteiger partial charge on any atom is -0.370 e. The number of carbonyl (C=O) groups is 1. The molecule has 70 valence electrons. The molecule has 0 spiro atoms. The molecule has 0 aromatic carbocycles.